The number of thiazole rings is 1. The van der Waals surface area contributed by atoms with E-state index in [9.17, 15) is 9.59 Å². The lowest BCUT2D eigenvalue weighted by atomic mass is 9.93. The molecule has 212 valence electrons. The summed E-state index contributed by atoms with van der Waals surface area (Å²) < 4.78 is 26.5. The number of rotatable bonds is 10. The molecular formula is C29H30I2N2O6S. The van der Waals surface area contributed by atoms with E-state index in [0.29, 0.717) is 50.7 Å². The van der Waals surface area contributed by atoms with Gasteiger partial charge in [0.15, 0.2) is 4.80 Å². The Balaban J connectivity index is 2.02. The van der Waals surface area contributed by atoms with E-state index in [4.69, 9.17) is 23.9 Å². The predicted molar refractivity (Wildman–Crippen MR) is 172 cm³/mol. The minimum absolute atomic E-state index is 0.198. The van der Waals surface area contributed by atoms with Crippen molar-refractivity contribution in [1.82, 2.24) is 4.57 Å². The Morgan fingerprint density at radius 1 is 1.07 bits per heavy atom. The van der Waals surface area contributed by atoms with Crippen molar-refractivity contribution in [2.45, 2.75) is 39.7 Å². The first-order chi connectivity index (χ1) is 19.3. The van der Waals surface area contributed by atoms with E-state index < -0.39 is 12.0 Å². The molecule has 2 heterocycles. The molecule has 1 atom stereocenters. The molecule has 1 aromatic heterocycles. The van der Waals surface area contributed by atoms with Gasteiger partial charge in [0.2, 0.25) is 0 Å². The number of methoxy groups -OCH3 is 2. The van der Waals surface area contributed by atoms with Crippen LogP contribution in [0.3, 0.4) is 0 Å². The van der Waals surface area contributed by atoms with E-state index in [1.54, 1.807) is 43.9 Å². The summed E-state index contributed by atoms with van der Waals surface area (Å²) in [6.07, 6.45) is 3.18. The van der Waals surface area contributed by atoms with Gasteiger partial charge in [-0.05, 0) is 107 Å². The minimum atomic E-state index is -0.801. The van der Waals surface area contributed by atoms with Gasteiger partial charge in [0, 0.05) is 5.56 Å². The number of hydrogen-bond donors (Lipinski definition) is 0. The number of carbonyl (C=O) groups excluding carboxylic acids is 1. The third kappa shape index (κ3) is 6.10. The average molecular weight is 788 g/mol. The van der Waals surface area contributed by atoms with Gasteiger partial charge in [0.05, 0.1) is 50.4 Å². The fourth-order valence-electron chi connectivity index (χ4n) is 4.56. The second kappa shape index (κ2) is 13.5. The maximum Gasteiger partial charge on any atom is 0.338 e. The lowest BCUT2D eigenvalue weighted by molar-refractivity contribution is -0.139. The fraction of sp³-hybridized carbons (Fsp3) is 0.345. The Bertz CT molecular complexity index is 1620. The summed E-state index contributed by atoms with van der Waals surface area (Å²) in [5.41, 5.74) is 2.17. The van der Waals surface area contributed by atoms with Crippen LogP contribution < -0.4 is 29.1 Å². The number of esters is 1. The van der Waals surface area contributed by atoms with E-state index in [-0.39, 0.29) is 12.2 Å². The molecule has 40 heavy (non-hydrogen) atoms. The van der Waals surface area contributed by atoms with E-state index >= 15 is 0 Å². The summed E-state index contributed by atoms with van der Waals surface area (Å²) in [6.45, 7) is 6.50. The van der Waals surface area contributed by atoms with Crippen molar-refractivity contribution in [3.8, 4) is 17.2 Å². The molecular weight excluding hydrogens is 758 g/mol. The zero-order chi connectivity index (χ0) is 29.0. The highest BCUT2D eigenvalue weighted by Gasteiger charge is 2.36. The van der Waals surface area contributed by atoms with Crippen LogP contribution in [0.5, 0.6) is 17.2 Å². The van der Waals surface area contributed by atoms with Gasteiger partial charge in [-0.1, -0.05) is 24.7 Å². The van der Waals surface area contributed by atoms with Gasteiger partial charge in [0.25, 0.3) is 5.56 Å². The van der Waals surface area contributed by atoms with E-state index in [1.807, 2.05) is 32.1 Å². The molecule has 8 nitrogen and oxygen atoms in total. The molecule has 0 unspecified atom stereocenters. The van der Waals surface area contributed by atoms with Crippen molar-refractivity contribution < 1.29 is 23.7 Å². The smallest absolute Gasteiger partial charge is 0.338 e. The third-order valence-electron chi connectivity index (χ3n) is 6.23. The first-order valence-corrected chi connectivity index (χ1v) is 15.8. The molecule has 0 saturated carbocycles. The molecule has 3 aromatic rings. The highest BCUT2D eigenvalue weighted by Crippen LogP contribution is 2.39. The average Bonchev–Trinajstić information content (AvgIpc) is 3.24. The standard InChI is InChI=1S/C29H30I2N2O6S/c1-6-9-21-24(28(35)39-8-3)25(18-15-17(36-4)10-11-22(18)37-5)33-27(34)23(40-29(33)32-21)14-16-12-19(30)26(38-7-2)20(31)13-16/h10-15,25H,6-9H2,1-5H3/b23-14-/t25-/m1/s1. The molecule has 0 N–H and O–H groups in total. The number of allylic oxidation sites excluding steroid dienone is 1. The summed E-state index contributed by atoms with van der Waals surface area (Å²) in [4.78, 5) is 32.9. The maximum atomic E-state index is 14.1. The fourth-order valence-corrected chi connectivity index (χ4v) is 7.71. The van der Waals surface area contributed by atoms with Gasteiger partial charge in [-0.3, -0.25) is 9.36 Å². The Morgan fingerprint density at radius 2 is 1.80 bits per heavy atom. The van der Waals surface area contributed by atoms with Gasteiger partial charge in [0.1, 0.15) is 23.3 Å². The highest BCUT2D eigenvalue weighted by molar-refractivity contribution is 14.1. The zero-order valence-electron chi connectivity index (χ0n) is 22.9. The molecule has 0 radical (unpaired) electrons. The zero-order valence-corrected chi connectivity index (χ0v) is 28.0. The van der Waals surface area contributed by atoms with Crippen molar-refractivity contribution in [2.75, 3.05) is 27.4 Å². The van der Waals surface area contributed by atoms with Crippen LogP contribution in [-0.2, 0) is 9.53 Å². The quantitative estimate of drug-likeness (QED) is 0.208. The van der Waals surface area contributed by atoms with Gasteiger partial charge < -0.3 is 18.9 Å². The number of ether oxygens (including phenoxy) is 4. The van der Waals surface area contributed by atoms with Crippen LogP contribution in [0.15, 0.2) is 51.4 Å². The number of nitrogens with zero attached hydrogens (tertiary/aromatic N) is 2. The lowest BCUT2D eigenvalue weighted by Gasteiger charge is -2.27. The van der Waals surface area contributed by atoms with Gasteiger partial charge >= 0.3 is 5.97 Å². The Morgan fingerprint density at radius 3 is 2.40 bits per heavy atom. The molecule has 0 fully saturated rings. The molecule has 0 amide bonds. The van der Waals surface area contributed by atoms with Crippen molar-refractivity contribution >= 4 is 68.6 Å². The van der Waals surface area contributed by atoms with Crippen LogP contribution in [0.1, 0.15) is 50.8 Å². The number of aromatic nitrogens is 1. The molecule has 1 aliphatic rings. The Kier molecular flexibility index (Phi) is 10.3. The largest absolute Gasteiger partial charge is 0.497 e. The normalized spacial score (nSPS) is 15.0. The van der Waals surface area contributed by atoms with E-state index in [1.165, 1.54) is 11.3 Å². The van der Waals surface area contributed by atoms with Crippen molar-refractivity contribution in [1.29, 1.82) is 0 Å². The number of hydrogen-bond acceptors (Lipinski definition) is 8. The summed E-state index contributed by atoms with van der Waals surface area (Å²) in [7, 11) is 3.13. The van der Waals surface area contributed by atoms with Crippen LogP contribution in [0.4, 0.5) is 0 Å². The minimum Gasteiger partial charge on any atom is -0.497 e. The van der Waals surface area contributed by atoms with Crippen LogP contribution in [0, 0.1) is 7.14 Å². The monoisotopic (exact) mass is 788 g/mol. The third-order valence-corrected chi connectivity index (χ3v) is 8.82. The van der Waals surface area contributed by atoms with Gasteiger partial charge in [-0.2, -0.15) is 0 Å². The molecule has 4 rings (SSSR count). The molecule has 0 bridgehead atoms. The number of fused-ring (bicyclic) bond motifs is 1. The maximum absolute atomic E-state index is 14.1. The number of benzene rings is 2. The SMILES string of the molecule is CCCC1=C(C(=O)OCC)[C@@H](c2cc(OC)ccc2OC)n2c(s/c(=C\c3cc(I)c(OCC)c(I)c3)c2=O)=N1. The first-order valence-electron chi connectivity index (χ1n) is 12.8. The van der Waals surface area contributed by atoms with Crippen molar-refractivity contribution in [3.05, 3.63) is 79.6 Å². The lowest BCUT2D eigenvalue weighted by Crippen LogP contribution is -2.40. The molecule has 0 spiro atoms. The second-order valence-corrected chi connectivity index (χ2v) is 12.1. The van der Waals surface area contributed by atoms with Gasteiger partial charge in [-0.25, -0.2) is 9.79 Å². The molecule has 11 heteroatoms. The summed E-state index contributed by atoms with van der Waals surface area (Å²) >= 11 is 5.79. The molecule has 2 aromatic carbocycles. The van der Waals surface area contributed by atoms with Gasteiger partial charge in [-0.15, -0.1) is 0 Å². The number of carbonyl (C=O) groups is 1. The van der Waals surface area contributed by atoms with Crippen LogP contribution in [0.25, 0.3) is 6.08 Å². The van der Waals surface area contributed by atoms with Crippen LogP contribution in [0.2, 0.25) is 0 Å². The van der Waals surface area contributed by atoms with E-state index in [2.05, 4.69) is 45.2 Å². The van der Waals surface area contributed by atoms with Crippen LogP contribution in [-0.4, -0.2) is 38.0 Å². The number of halogens is 2. The summed E-state index contributed by atoms with van der Waals surface area (Å²) in [5.74, 6) is 1.43. The Hall–Kier alpha value is -2.39. The van der Waals surface area contributed by atoms with E-state index in [0.717, 1.165) is 24.9 Å². The second-order valence-electron chi connectivity index (χ2n) is 8.77. The molecule has 0 aliphatic carbocycles. The highest BCUT2D eigenvalue weighted by atomic mass is 127. The molecule has 1 aliphatic heterocycles. The topological polar surface area (TPSA) is 88.4 Å². The first kappa shape index (κ1) is 30.6. The summed E-state index contributed by atoms with van der Waals surface area (Å²) in [5, 5.41) is 0. The van der Waals surface area contributed by atoms with Crippen molar-refractivity contribution in [3.63, 3.8) is 0 Å². The summed E-state index contributed by atoms with van der Waals surface area (Å²) in [6, 6.07) is 8.52. The predicted octanol–water partition coefficient (Wildman–Crippen LogP) is 5.20. The van der Waals surface area contributed by atoms with Crippen LogP contribution >= 0.6 is 56.5 Å². The Labute approximate surface area is 264 Å². The van der Waals surface area contributed by atoms with Crippen molar-refractivity contribution in [2.24, 2.45) is 4.99 Å². The molecule has 0 saturated heterocycles.